The van der Waals surface area contributed by atoms with Crippen molar-refractivity contribution in [1.82, 2.24) is 10.6 Å². The second kappa shape index (κ2) is 10.1. The fraction of sp³-hybridized carbons (Fsp3) is 0.167. The molecule has 6 nitrogen and oxygen atoms in total. The third kappa shape index (κ3) is 6.10. The standard InChI is InChI=1S/C24H25N3O3/c1-17(18-9-4-2-5-10-18)26-23(28)16-22(27-24(25)29)19-11-8-14-21(15-19)30-20-12-6-3-7-13-20/h2-15,17,22H,16H2,1H3,(H,26,28)(H3,25,27,29). The summed E-state index contributed by atoms with van der Waals surface area (Å²) in [7, 11) is 0. The number of para-hydroxylation sites is 1. The van der Waals surface area contributed by atoms with Gasteiger partial charge < -0.3 is 21.1 Å². The Bertz CT molecular complexity index is 977. The van der Waals surface area contributed by atoms with Gasteiger partial charge in [0.2, 0.25) is 5.91 Å². The van der Waals surface area contributed by atoms with Crippen molar-refractivity contribution in [3.8, 4) is 11.5 Å². The van der Waals surface area contributed by atoms with Crippen LogP contribution in [0.15, 0.2) is 84.9 Å². The molecule has 3 aromatic carbocycles. The molecule has 4 N–H and O–H groups in total. The first-order chi connectivity index (χ1) is 14.5. The average Bonchev–Trinajstić information content (AvgIpc) is 2.74. The lowest BCUT2D eigenvalue weighted by molar-refractivity contribution is -0.122. The number of primary amides is 1. The van der Waals surface area contributed by atoms with E-state index in [1.54, 1.807) is 6.07 Å². The van der Waals surface area contributed by atoms with Gasteiger partial charge in [0, 0.05) is 0 Å². The Kier molecular flexibility index (Phi) is 7.05. The first-order valence-electron chi connectivity index (χ1n) is 9.74. The van der Waals surface area contributed by atoms with Crippen LogP contribution in [-0.2, 0) is 4.79 Å². The minimum atomic E-state index is -0.696. The van der Waals surface area contributed by atoms with Crippen LogP contribution in [0, 0.1) is 0 Å². The number of nitrogens with one attached hydrogen (secondary N) is 2. The molecule has 154 valence electrons. The van der Waals surface area contributed by atoms with Crippen molar-refractivity contribution in [3.05, 3.63) is 96.1 Å². The molecule has 0 aromatic heterocycles. The summed E-state index contributed by atoms with van der Waals surface area (Å²) in [6.45, 7) is 1.91. The largest absolute Gasteiger partial charge is 0.457 e. The van der Waals surface area contributed by atoms with Crippen molar-refractivity contribution in [2.45, 2.75) is 25.4 Å². The molecule has 3 aromatic rings. The summed E-state index contributed by atoms with van der Waals surface area (Å²) in [5.74, 6) is 1.11. The molecule has 0 aliphatic carbocycles. The van der Waals surface area contributed by atoms with Crippen LogP contribution in [0.5, 0.6) is 11.5 Å². The summed E-state index contributed by atoms with van der Waals surface area (Å²) in [5, 5.41) is 5.62. The highest BCUT2D eigenvalue weighted by Crippen LogP contribution is 2.26. The topological polar surface area (TPSA) is 93.5 Å². The van der Waals surface area contributed by atoms with Crippen LogP contribution in [0.1, 0.15) is 36.6 Å². The van der Waals surface area contributed by atoms with Crippen molar-refractivity contribution in [2.75, 3.05) is 0 Å². The van der Waals surface area contributed by atoms with Crippen molar-refractivity contribution < 1.29 is 14.3 Å². The molecule has 0 spiro atoms. The van der Waals surface area contributed by atoms with Gasteiger partial charge in [-0.05, 0) is 42.3 Å². The molecule has 0 saturated carbocycles. The number of carbonyl (C=O) groups is 2. The Balaban J connectivity index is 1.71. The number of carbonyl (C=O) groups excluding carboxylic acids is 2. The molecule has 0 bridgehead atoms. The third-order valence-corrected chi connectivity index (χ3v) is 4.62. The van der Waals surface area contributed by atoms with Crippen LogP contribution in [0.4, 0.5) is 4.79 Å². The third-order valence-electron chi connectivity index (χ3n) is 4.62. The van der Waals surface area contributed by atoms with E-state index < -0.39 is 12.1 Å². The Morgan fingerprint density at radius 2 is 1.43 bits per heavy atom. The maximum atomic E-state index is 12.6. The van der Waals surface area contributed by atoms with Gasteiger partial charge in [-0.15, -0.1) is 0 Å². The molecular weight excluding hydrogens is 378 g/mol. The van der Waals surface area contributed by atoms with Gasteiger partial charge in [-0.3, -0.25) is 4.79 Å². The summed E-state index contributed by atoms with van der Waals surface area (Å²) in [6, 6.07) is 24.9. The predicted octanol–water partition coefficient (Wildman–Crippen LogP) is 4.46. The molecule has 0 heterocycles. The number of hydrogen-bond acceptors (Lipinski definition) is 3. The van der Waals surface area contributed by atoms with Gasteiger partial charge in [-0.1, -0.05) is 60.7 Å². The van der Waals surface area contributed by atoms with Crippen molar-refractivity contribution in [2.24, 2.45) is 5.73 Å². The molecule has 0 aliphatic rings. The Labute approximate surface area is 176 Å². The first kappa shape index (κ1) is 20.9. The van der Waals surface area contributed by atoms with E-state index in [1.165, 1.54) is 0 Å². The quantitative estimate of drug-likeness (QED) is 0.518. The lowest BCUT2D eigenvalue weighted by atomic mass is 10.0. The van der Waals surface area contributed by atoms with Crippen LogP contribution in [-0.4, -0.2) is 11.9 Å². The fourth-order valence-corrected chi connectivity index (χ4v) is 3.15. The first-order valence-corrected chi connectivity index (χ1v) is 9.74. The Morgan fingerprint density at radius 3 is 2.10 bits per heavy atom. The molecule has 2 unspecified atom stereocenters. The van der Waals surface area contributed by atoms with E-state index in [2.05, 4.69) is 10.6 Å². The number of amides is 3. The maximum Gasteiger partial charge on any atom is 0.312 e. The van der Waals surface area contributed by atoms with Crippen molar-refractivity contribution in [1.29, 1.82) is 0 Å². The highest BCUT2D eigenvalue weighted by Gasteiger charge is 2.19. The summed E-state index contributed by atoms with van der Waals surface area (Å²) < 4.78 is 5.86. The van der Waals surface area contributed by atoms with Crippen LogP contribution in [0.25, 0.3) is 0 Å². The number of ether oxygens (including phenoxy) is 1. The second-order valence-electron chi connectivity index (χ2n) is 6.95. The van der Waals surface area contributed by atoms with Gasteiger partial charge in [0.25, 0.3) is 0 Å². The monoisotopic (exact) mass is 403 g/mol. The number of benzene rings is 3. The Morgan fingerprint density at radius 1 is 0.833 bits per heavy atom. The van der Waals surface area contributed by atoms with Gasteiger partial charge in [-0.2, -0.15) is 0 Å². The average molecular weight is 403 g/mol. The van der Waals surface area contributed by atoms with Crippen LogP contribution in [0.2, 0.25) is 0 Å². The van der Waals surface area contributed by atoms with Gasteiger partial charge in [0.15, 0.2) is 0 Å². The van der Waals surface area contributed by atoms with E-state index in [-0.39, 0.29) is 18.4 Å². The summed E-state index contributed by atoms with van der Waals surface area (Å²) in [5.41, 5.74) is 7.08. The van der Waals surface area contributed by atoms with Gasteiger partial charge >= 0.3 is 6.03 Å². The van der Waals surface area contributed by atoms with E-state index in [9.17, 15) is 9.59 Å². The van der Waals surface area contributed by atoms with Crippen molar-refractivity contribution >= 4 is 11.9 Å². The van der Waals surface area contributed by atoms with Crippen molar-refractivity contribution in [3.63, 3.8) is 0 Å². The zero-order chi connectivity index (χ0) is 21.3. The molecule has 30 heavy (non-hydrogen) atoms. The summed E-state index contributed by atoms with van der Waals surface area (Å²) in [6.07, 6.45) is 0.0505. The normalized spacial score (nSPS) is 12.4. The minimum absolute atomic E-state index is 0.0505. The maximum absolute atomic E-state index is 12.6. The zero-order valence-electron chi connectivity index (χ0n) is 16.7. The second-order valence-corrected chi connectivity index (χ2v) is 6.95. The number of hydrogen-bond donors (Lipinski definition) is 3. The van der Waals surface area contributed by atoms with Crippen LogP contribution < -0.4 is 21.1 Å². The smallest absolute Gasteiger partial charge is 0.312 e. The molecule has 3 rings (SSSR count). The van der Waals surface area contributed by atoms with E-state index in [4.69, 9.17) is 10.5 Å². The fourth-order valence-electron chi connectivity index (χ4n) is 3.15. The van der Waals surface area contributed by atoms with Gasteiger partial charge in [0.05, 0.1) is 18.5 Å². The Hall–Kier alpha value is -3.80. The molecular formula is C24H25N3O3. The minimum Gasteiger partial charge on any atom is -0.457 e. The molecule has 3 amide bonds. The van der Waals surface area contributed by atoms with E-state index in [1.807, 2.05) is 85.8 Å². The lowest BCUT2D eigenvalue weighted by Gasteiger charge is -2.20. The SMILES string of the molecule is CC(NC(=O)CC(NC(N)=O)c1cccc(Oc2ccccc2)c1)c1ccccc1. The van der Waals surface area contributed by atoms with E-state index >= 15 is 0 Å². The lowest BCUT2D eigenvalue weighted by Crippen LogP contribution is -2.37. The van der Waals surface area contributed by atoms with Gasteiger partial charge in [-0.25, -0.2) is 4.79 Å². The van der Waals surface area contributed by atoms with Crippen LogP contribution in [0.3, 0.4) is 0 Å². The highest BCUT2D eigenvalue weighted by atomic mass is 16.5. The summed E-state index contributed by atoms with van der Waals surface area (Å²) >= 11 is 0. The van der Waals surface area contributed by atoms with Crippen LogP contribution >= 0.6 is 0 Å². The summed E-state index contributed by atoms with van der Waals surface area (Å²) in [4.78, 5) is 24.2. The number of rotatable bonds is 8. The number of nitrogens with two attached hydrogens (primary N) is 1. The highest BCUT2D eigenvalue weighted by molar-refractivity contribution is 5.79. The molecule has 0 radical (unpaired) electrons. The number of urea groups is 1. The molecule has 0 saturated heterocycles. The van der Waals surface area contributed by atoms with E-state index in [0.717, 1.165) is 11.1 Å². The predicted molar refractivity (Wildman–Crippen MR) is 116 cm³/mol. The van der Waals surface area contributed by atoms with E-state index in [0.29, 0.717) is 11.5 Å². The molecule has 2 atom stereocenters. The molecule has 0 fully saturated rings. The molecule has 6 heteroatoms. The zero-order valence-corrected chi connectivity index (χ0v) is 16.7. The molecule has 0 aliphatic heterocycles. The van der Waals surface area contributed by atoms with Gasteiger partial charge in [0.1, 0.15) is 11.5 Å².